The van der Waals surface area contributed by atoms with Crippen molar-refractivity contribution >= 4 is 32.6 Å². The molecule has 0 fully saturated rings. The number of sulfonamides is 1. The number of hydrogen-bond donors (Lipinski definition) is 0. The average molecular weight is 453 g/mol. The van der Waals surface area contributed by atoms with Gasteiger partial charge in [0, 0.05) is 22.2 Å². The number of hydrogen-bond acceptors (Lipinski definition) is 2. The Morgan fingerprint density at radius 3 is 2.21 bits per heavy atom. The van der Waals surface area contributed by atoms with E-state index in [1.807, 2.05) is 42.5 Å². The fraction of sp³-hybridized carbons (Fsp3) is 0.263. The SMILES string of the molecule is CN(C#Cc1ccccc1)S(=O)(=O)c1ccc(C(C)(C)C)cc1I. The zero-order valence-electron chi connectivity index (χ0n) is 14.2. The van der Waals surface area contributed by atoms with Crippen molar-refractivity contribution in [3.63, 3.8) is 0 Å². The first-order chi connectivity index (χ1) is 11.1. The summed E-state index contributed by atoms with van der Waals surface area (Å²) in [7, 11) is -2.18. The Morgan fingerprint density at radius 1 is 1.04 bits per heavy atom. The molecule has 0 bridgehead atoms. The quantitative estimate of drug-likeness (QED) is 0.388. The second kappa shape index (κ2) is 7.16. The predicted molar refractivity (Wildman–Crippen MR) is 106 cm³/mol. The molecule has 126 valence electrons. The molecule has 0 saturated heterocycles. The molecule has 0 saturated carbocycles. The normalized spacial score (nSPS) is 11.5. The van der Waals surface area contributed by atoms with Crippen LogP contribution in [-0.2, 0) is 15.4 Å². The van der Waals surface area contributed by atoms with Crippen LogP contribution in [0, 0.1) is 15.5 Å². The van der Waals surface area contributed by atoms with Gasteiger partial charge in [-0.1, -0.05) is 45.0 Å². The van der Waals surface area contributed by atoms with E-state index in [0.29, 0.717) is 3.57 Å². The van der Waals surface area contributed by atoms with Gasteiger partial charge in [-0.05, 0) is 63.8 Å². The molecule has 0 atom stereocenters. The minimum Gasteiger partial charge on any atom is -0.227 e. The Balaban J connectivity index is 2.35. The summed E-state index contributed by atoms with van der Waals surface area (Å²) >= 11 is 2.07. The van der Waals surface area contributed by atoms with E-state index in [9.17, 15) is 8.42 Å². The lowest BCUT2D eigenvalue weighted by Crippen LogP contribution is -2.23. The molecule has 0 aliphatic heterocycles. The van der Waals surface area contributed by atoms with Crippen LogP contribution in [0.25, 0.3) is 0 Å². The van der Waals surface area contributed by atoms with Crippen molar-refractivity contribution in [2.75, 3.05) is 7.05 Å². The Hall–Kier alpha value is -1.52. The van der Waals surface area contributed by atoms with Gasteiger partial charge in [-0.2, -0.15) is 0 Å². The molecular formula is C19H20INO2S. The van der Waals surface area contributed by atoms with Crippen molar-refractivity contribution in [3.8, 4) is 12.0 Å². The molecule has 3 nitrogen and oxygen atoms in total. The molecule has 0 heterocycles. The minimum atomic E-state index is -3.65. The summed E-state index contributed by atoms with van der Waals surface area (Å²) in [5, 5.41) is 0. The average Bonchev–Trinajstić information content (AvgIpc) is 2.52. The summed E-state index contributed by atoms with van der Waals surface area (Å²) < 4.78 is 27.3. The van der Waals surface area contributed by atoms with E-state index in [1.54, 1.807) is 6.07 Å². The van der Waals surface area contributed by atoms with E-state index in [2.05, 4.69) is 55.3 Å². The van der Waals surface area contributed by atoms with E-state index in [1.165, 1.54) is 7.05 Å². The molecule has 0 spiro atoms. The van der Waals surface area contributed by atoms with Gasteiger partial charge in [0.1, 0.15) is 4.90 Å². The monoisotopic (exact) mass is 453 g/mol. The zero-order chi connectivity index (χ0) is 18.0. The highest BCUT2D eigenvalue weighted by Crippen LogP contribution is 2.28. The van der Waals surface area contributed by atoms with Gasteiger partial charge >= 0.3 is 0 Å². The molecule has 5 heteroatoms. The third-order valence-electron chi connectivity index (χ3n) is 3.57. The lowest BCUT2D eigenvalue weighted by molar-refractivity contribution is 0.545. The molecule has 24 heavy (non-hydrogen) atoms. The number of rotatable bonds is 2. The van der Waals surface area contributed by atoms with Crippen molar-refractivity contribution in [2.45, 2.75) is 31.1 Å². The Kier molecular flexibility index (Phi) is 5.61. The lowest BCUT2D eigenvalue weighted by atomic mass is 9.87. The van der Waals surface area contributed by atoms with E-state index in [0.717, 1.165) is 15.4 Å². The van der Waals surface area contributed by atoms with E-state index in [-0.39, 0.29) is 10.3 Å². The molecule has 0 N–H and O–H groups in total. The van der Waals surface area contributed by atoms with Gasteiger partial charge in [-0.15, -0.1) is 0 Å². The van der Waals surface area contributed by atoms with Crippen molar-refractivity contribution in [1.82, 2.24) is 4.31 Å². The van der Waals surface area contributed by atoms with Crippen LogP contribution in [0.5, 0.6) is 0 Å². The molecule has 0 aromatic heterocycles. The molecule has 0 amide bonds. The summed E-state index contributed by atoms with van der Waals surface area (Å²) in [5.41, 5.74) is 1.85. The maximum atomic E-state index is 12.8. The van der Waals surface area contributed by atoms with Gasteiger partial charge in [0.2, 0.25) is 0 Å². The molecule has 0 aliphatic rings. The van der Waals surface area contributed by atoms with Crippen molar-refractivity contribution in [3.05, 3.63) is 63.2 Å². The van der Waals surface area contributed by atoms with Crippen LogP contribution in [0.15, 0.2) is 53.4 Å². The smallest absolute Gasteiger partial charge is 0.227 e. The Morgan fingerprint density at radius 2 is 1.67 bits per heavy atom. The highest BCUT2D eigenvalue weighted by atomic mass is 127. The van der Waals surface area contributed by atoms with Crippen molar-refractivity contribution < 1.29 is 8.42 Å². The first-order valence-corrected chi connectivity index (χ1v) is 10.00. The van der Waals surface area contributed by atoms with Crippen LogP contribution in [0.1, 0.15) is 31.9 Å². The van der Waals surface area contributed by atoms with Crippen LogP contribution in [-0.4, -0.2) is 19.8 Å². The summed E-state index contributed by atoms with van der Waals surface area (Å²) in [4.78, 5) is 0.279. The van der Waals surface area contributed by atoms with Gasteiger partial charge < -0.3 is 0 Å². The second-order valence-corrected chi connectivity index (χ2v) is 9.57. The maximum absolute atomic E-state index is 12.8. The maximum Gasteiger partial charge on any atom is 0.271 e. The summed E-state index contributed by atoms with van der Waals surface area (Å²) in [6, 6.07) is 17.5. The topological polar surface area (TPSA) is 37.4 Å². The Bertz CT molecular complexity index is 888. The van der Waals surface area contributed by atoms with Gasteiger partial charge in [0.05, 0.1) is 0 Å². The summed E-state index contributed by atoms with van der Waals surface area (Å²) in [6.45, 7) is 6.30. The molecule has 2 rings (SSSR count). The Labute approximate surface area is 158 Å². The molecular weight excluding hydrogens is 433 g/mol. The van der Waals surface area contributed by atoms with Crippen LogP contribution >= 0.6 is 22.6 Å². The van der Waals surface area contributed by atoms with Crippen LogP contribution < -0.4 is 0 Å². The summed E-state index contributed by atoms with van der Waals surface area (Å²) in [5.74, 6) is 2.87. The highest BCUT2D eigenvalue weighted by Gasteiger charge is 2.23. The first kappa shape index (κ1) is 18.8. The van der Waals surface area contributed by atoms with E-state index < -0.39 is 10.0 Å². The van der Waals surface area contributed by atoms with E-state index >= 15 is 0 Å². The summed E-state index contributed by atoms with van der Waals surface area (Å²) in [6.07, 6.45) is 0. The number of benzene rings is 2. The van der Waals surface area contributed by atoms with Crippen molar-refractivity contribution in [2.24, 2.45) is 0 Å². The molecule has 2 aromatic rings. The standard InChI is InChI=1S/C19H20INO2S/c1-19(2,3)16-10-11-18(17(20)14-16)24(22,23)21(4)13-12-15-8-6-5-7-9-15/h5-11,14H,1-4H3. The van der Waals surface area contributed by atoms with E-state index in [4.69, 9.17) is 0 Å². The highest BCUT2D eigenvalue weighted by molar-refractivity contribution is 14.1. The number of halogens is 1. The molecule has 0 radical (unpaired) electrons. The molecule has 0 unspecified atom stereocenters. The third kappa shape index (κ3) is 4.31. The van der Waals surface area contributed by atoms with Gasteiger partial charge in [-0.25, -0.2) is 12.7 Å². The van der Waals surface area contributed by atoms with Crippen LogP contribution in [0.3, 0.4) is 0 Å². The fourth-order valence-corrected chi connectivity index (χ4v) is 4.41. The van der Waals surface area contributed by atoms with Gasteiger partial charge in [0.25, 0.3) is 10.0 Å². The fourth-order valence-electron chi connectivity index (χ4n) is 2.05. The number of nitrogens with zero attached hydrogens (tertiary/aromatic N) is 1. The predicted octanol–water partition coefficient (Wildman–Crippen LogP) is 4.22. The second-order valence-electron chi connectivity index (χ2n) is 6.47. The third-order valence-corrected chi connectivity index (χ3v) is 6.55. The van der Waals surface area contributed by atoms with Crippen LogP contribution in [0.2, 0.25) is 0 Å². The molecule has 2 aromatic carbocycles. The largest absolute Gasteiger partial charge is 0.271 e. The van der Waals surface area contributed by atoms with Crippen LogP contribution in [0.4, 0.5) is 0 Å². The zero-order valence-corrected chi connectivity index (χ0v) is 17.1. The minimum absolute atomic E-state index is 0.0266. The first-order valence-electron chi connectivity index (χ1n) is 7.48. The van der Waals surface area contributed by atoms with Crippen molar-refractivity contribution in [1.29, 1.82) is 0 Å². The van der Waals surface area contributed by atoms with Gasteiger partial charge in [-0.3, -0.25) is 0 Å². The molecule has 0 aliphatic carbocycles. The lowest BCUT2D eigenvalue weighted by Gasteiger charge is -2.21. The van der Waals surface area contributed by atoms with Gasteiger partial charge in [0.15, 0.2) is 0 Å².